The third kappa shape index (κ3) is 8.81. The van der Waals surface area contributed by atoms with Gasteiger partial charge in [0.1, 0.15) is 23.9 Å². The molecule has 0 radical (unpaired) electrons. The molecule has 5 unspecified atom stereocenters. The van der Waals surface area contributed by atoms with Gasteiger partial charge >= 0.3 is 5.97 Å². The van der Waals surface area contributed by atoms with E-state index in [1.54, 1.807) is 12.1 Å². The number of amides is 3. The zero-order valence-electron chi connectivity index (χ0n) is 22.4. The van der Waals surface area contributed by atoms with Gasteiger partial charge < -0.3 is 31.5 Å². The highest BCUT2D eigenvalue weighted by molar-refractivity contribution is 5.94. The Bertz CT molecular complexity index is 1120. The highest BCUT2D eigenvalue weighted by Gasteiger charge is 2.33. The third-order valence-corrected chi connectivity index (χ3v) is 7.08. The fourth-order valence-corrected chi connectivity index (χ4v) is 4.52. The smallest absolute Gasteiger partial charge is 0.326 e. The zero-order chi connectivity index (χ0) is 28.4. The van der Waals surface area contributed by atoms with E-state index in [4.69, 9.17) is 0 Å². The van der Waals surface area contributed by atoms with Crippen molar-refractivity contribution >= 4 is 23.7 Å². The van der Waals surface area contributed by atoms with E-state index in [0.717, 1.165) is 18.5 Å². The standard InChI is InChI=1S/C29H38N4O6/c1-3-18(2)25(33-26(35)22-10-7-15-30-22)28(37)31-23(16-19-8-5-4-6-9-19)27(36)32-24(29(38)39)17-20-11-13-21(34)14-12-20/h4-6,8-9,11-14,18,22-25,30,34H,3,7,10,15-17H2,1-2H3,(H,31,37)(H,32,36)(H,33,35)(H,38,39). The normalized spacial score (nSPS) is 17.8. The molecule has 0 bridgehead atoms. The van der Waals surface area contributed by atoms with E-state index in [1.807, 2.05) is 44.2 Å². The number of carbonyl (C=O) groups excluding carboxylic acids is 3. The van der Waals surface area contributed by atoms with Gasteiger partial charge in [-0.2, -0.15) is 0 Å². The predicted molar refractivity (Wildman–Crippen MR) is 146 cm³/mol. The molecule has 0 aliphatic carbocycles. The maximum atomic E-state index is 13.5. The number of benzene rings is 2. The van der Waals surface area contributed by atoms with Crippen LogP contribution in [0.3, 0.4) is 0 Å². The summed E-state index contributed by atoms with van der Waals surface area (Å²) >= 11 is 0. The lowest BCUT2D eigenvalue weighted by Gasteiger charge is -2.28. The van der Waals surface area contributed by atoms with Gasteiger partial charge in [-0.3, -0.25) is 14.4 Å². The largest absolute Gasteiger partial charge is 0.508 e. The molecule has 2 aromatic rings. The van der Waals surface area contributed by atoms with Crippen molar-refractivity contribution in [2.75, 3.05) is 6.54 Å². The molecule has 210 valence electrons. The van der Waals surface area contributed by atoms with Crippen LogP contribution in [0.25, 0.3) is 0 Å². The van der Waals surface area contributed by atoms with Crippen molar-refractivity contribution in [1.29, 1.82) is 0 Å². The molecule has 0 saturated carbocycles. The van der Waals surface area contributed by atoms with Crippen LogP contribution in [0.5, 0.6) is 5.75 Å². The molecule has 10 nitrogen and oxygen atoms in total. The van der Waals surface area contributed by atoms with Crippen molar-refractivity contribution in [2.45, 2.75) is 70.1 Å². The highest BCUT2D eigenvalue weighted by atomic mass is 16.4. The first-order chi connectivity index (χ1) is 18.7. The Morgan fingerprint density at radius 2 is 1.51 bits per heavy atom. The van der Waals surface area contributed by atoms with Gasteiger partial charge in [0.15, 0.2) is 0 Å². The monoisotopic (exact) mass is 538 g/mol. The van der Waals surface area contributed by atoms with Crippen molar-refractivity contribution in [3.05, 3.63) is 65.7 Å². The number of hydrogen-bond donors (Lipinski definition) is 6. The number of rotatable bonds is 13. The van der Waals surface area contributed by atoms with E-state index in [2.05, 4.69) is 21.3 Å². The molecule has 1 fully saturated rings. The van der Waals surface area contributed by atoms with Gasteiger partial charge in [0.05, 0.1) is 6.04 Å². The van der Waals surface area contributed by atoms with E-state index in [0.29, 0.717) is 18.4 Å². The van der Waals surface area contributed by atoms with Gasteiger partial charge in [0.2, 0.25) is 17.7 Å². The van der Waals surface area contributed by atoms with Crippen molar-refractivity contribution in [1.82, 2.24) is 21.3 Å². The Balaban J connectivity index is 1.78. The van der Waals surface area contributed by atoms with E-state index >= 15 is 0 Å². The van der Waals surface area contributed by atoms with Gasteiger partial charge in [0, 0.05) is 12.8 Å². The lowest BCUT2D eigenvalue weighted by molar-refractivity contribution is -0.142. The van der Waals surface area contributed by atoms with Crippen molar-refractivity contribution < 1.29 is 29.4 Å². The van der Waals surface area contributed by atoms with Crippen LogP contribution in [0.2, 0.25) is 0 Å². The molecule has 10 heteroatoms. The predicted octanol–water partition coefficient (Wildman–Crippen LogP) is 1.51. The number of phenolic OH excluding ortho intramolecular Hbond substituents is 1. The second-order valence-corrected chi connectivity index (χ2v) is 10.0. The van der Waals surface area contributed by atoms with Gasteiger partial charge in [0.25, 0.3) is 0 Å². The van der Waals surface area contributed by atoms with Crippen molar-refractivity contribution in [3.63, 3.8) is 0 Å². The summed E-state index contributed by atoms with van der Waals surface area (Å²) in [6.07, 6.45) is 2.33. The summed E-state index contributed by atoms with van der Waals surface area (Å²) in [4.78, 5) is 51.7. The van der Waals surface area contributed by atoms with Crippen LogP contribution >= 0.6 is 0 Å². The Morgan fingerprint density at radius 3 is 2.10 bits per heavy atom. The molecule has 0 spiro atoms. The average molecular weight is 539 g/mol. The average Bonchev–Trinajstić information content (AvgIpc) is 3.47. The molecule has 5 atom stereocenters. The van der Waals surface area contributed by atoms with Crippen LogP contribution < -0.4 is 21.3 Å². The molecule has 0 aromatic heterocycles. The molecule has 2 aromatic carbocycles. The second kappa shape index (κ2) is 14.3. The molecule has 3 amide bonds. The molecular weight excluding hydrogens is 500 g/mol. The SMILES string of the molecule is CCC(C)C(NC(=O)C1CCCN1)C(=O)NC(Cc1ccccc1)C(=O)NC(Cc1ccc(O)cc1)C(=O)O. The van der Waals surface area contributed by atoms with Gasteiger partial charge in [-0.05, 0) is 48.6 Å². The Morgan fingerprint density at radius 1 is 0.897 bits per heavy atom. The second-order valence-electron chi connectivity index (χ2n) is 10.0. The minimum atomic E-state index is -1.25. The van der Waals surface area contributed by atoms with Crippen LogP contribution in [0.15, 0.2) is 54.6 Å². The van der Waals surface area contributed by atoms with Crippen molar-refractivity contribution in [2.24, 2.45) is 5.92 Å². The van der Waals surface area contributed by atoms with Crippen LogP contribution in [0.4, 0.5) is 0 Å². The number of carbonyl (C=O) groups is 4. The number of aromatic hydroxyl groups is 1. The molecule has 39 heavy (non-hydrogen) atoms. The number of hydrogen-bond acceptors (Lipinski definition) is 6. The van der Waals surface area contributed by atoms with Crippen LogP contribution in [-0.2, 0) is 32.0 Å². The van der Waals surface area contributed by atoms with E-state index in [9.17, 15) is 29.4 Å². The first kappa shape index (κ1) is 29.6. The summed E-state index contributed by atoms with van der Waals surface area (Å²) in [6, 6.07) is 11.6. The number of carboxylic acids is 1. The number of nitrogens with one attached hydrogen (secondary N) is 4. The molecule has 3 rings (SSSR count). The fourth-order valence-electron chi connectivity index (χ4n) is 4.52. The topological polar surface area (TPSA) is 157 Å². The summed E-state index contributed by atoms with van der Waals surface area (Å²) < 4.78 is 0. The summed E-state index contributed by atoms with van der Waals surface area (Å²) in [7, 11) is 0. The molecule has 6 N–H and O–H groups in total. The maximum absolute atomic E-state index is 13.5. The van der Waals surface area contributed by atoms with E-state index in [1.165, 1.54) is 12.1 Å². The highest BCUT2D eigenvalue weighted by Crippen LogP contribution is 2.14. The zero-order valence-corrected chi connectivity index (χ0v) is 22.4. The minimum absolute atomic E-state index is 0.00665. The lowest BCUT2D eigenvalue weighted by Crippen LogP contribution is -2.59. The molecule has 1 heterocycles. The van der Waals surface area contributed by atoms with E-state index < -0.39 is 35.9 Å². The summed E-state index contributed by atoms with van der Waals surface area (Å²) in [5.41, 5.74) is 1.40. The quantitative estimate of drug-likeness (QED) is 0.226. The number of carboxylic acid groups (broad SMARTS) is 1. The third-order valence-electron chi connectivity index (χ3n) is 7.08. The van der Waals surface area contributed by atoms with Crippen LogP contribution in [0, 0.1) is 5.92 Å². The molecule has 1 aliphatic heterocycles. The Labute approximate surface area is 228 Å². The first-order valence-electron chi connectivity index (χ1n) is 13.4. The first-order valence-corrected chi connectivity index (χ1v) is 13.4. The van der Waals surface area contributed by atoms with Gasteiger partial charge in [-0.15, -0.1) is 0 Å². The Kier molecular flexibility index (Phi) is 10.9. The van der Waals surface area contributed by atoms with Crippen molar-refractivity contribution in [3.8, 4) is 5.75 Å². The van der Waals surface area contributed by atoms with Gasteiger partial charge in [-0.1, -0.05) is 62.7 Å². The van der Waals surface area contributed by atoms with Crippen LogP contribution in [0.1, 0.15) is 44.2 Å². The summed E-state index contributed by atoms with van der Waals surface area (Å²) in [5.74, 6) is -2.78. The number of aliphatic carboxylic acids is 1. The fraction of sp³-hybridized carbons (Fsp3) is 0.448. The molecule has 1 saturated heterocycles. The summed E-state index contributed by atoms with van der Waals surface area (Å²) in [6.45, 7) is 4.52. The molecule has 1 aliphatic rings. The van der Waals surface area contributed by atoms with E-state index in [-0.39, 0.29) is 36.5 Å². The van der Waals surface area contributed by atoms with Crippen LogP contribution in [-0.4, -0.2) is 64.6 Å². The van der Waals surface area contributed by atoms with Gasteiger partial charge in [-0.25, -0.2) is 4.79 Å². The molecular formula is C29H38N4O6. The summed E-state index contributed by atoms with van der Waals surface area (Å²) in [5, 5.41) is 30.6. The Hall–Kier alpha value is -3.92. The minimum Gasteiger partial charge on any atom is -0.508 e. The number of phenols is 1. The maximum Gasteiger partial charge on any atom is 0.326 e. The lowest BCUT2D eigenvalue weighted by atomic mass is 9.96.